The minimum atomic E-state index is -4.46. The van der Waals surface area contributed by atoms with Gasteiger partial charge in [0.2, 0.25) is 0 Å². The molecule has 0 bridgehead atoms. The number of tetrazole rings is 1. The summed E-state index contributed by atoms with van der Waals surface area (Å²) in [5.41, 5.74) is 3.51. The molecule has 11 heteroatoms. The van der Waals surface area contributed by atoms with Gasteiger partial charge in [0.25, 0.3) is 0 Å². The van der Waals surface area contributed by atoms with Gasteiger partial charge < -0.3 is 14.7 Å². The fraction of sp³-hybridized carbons (Fsp3) is 0.344. The van der Waals surface area contributed by atoms with Gasteiger partial charge in [-0.1, -0.05) is 48.6 Å². The summed E-state index contributed by atoms with van der Waals surface area (Å²) in [6.07, 6.45) is 0.444. The number of hydrogen-bond acceptors (Lipinski definition) is 7. The average Bonchev–Trinajstić information content (AvgIpc) is 3.45. The molecule has 1 N–H and O–H groups in total. The molecule has 5 rings (SSSR count). The summed E-state index contributed by atoms with van der Waals surface area (Å²) in [5, 5.41) is 22.4. The molecular formula is C32H35F3N6O2. The molecule has 1 unspecified atom stereocenters. The number of phenolic OH excluding ortho intramolecular Hbond substituents is 1. The fourth-order valence-electron chi connectivity index (χ4n) is 5.59. The lowest BCUT2D eigenvalue weighted by atomic mass is 10.00. The second-order valence-electron chi connectivity index (χ2n) is 10.7. The first kappa shape index (κ1) is 30.2. The minimum Gasteiger partial charge on any atom is -0.504 e. The van der Waals surface area contributed by atoms with E-state index >= 15 is 0 Å². The minimum absolute atomic E-state index is 0.101. The number of hydrogen-bond donors (Lipinski definition) is 1. The van der Waals surface area contributed by atoms with Gasteiger partial charge in [-0.3, -0.25) is 4.90 Å². The van der Waals surface area contributed by atoms with Crippen LogP contribution in [0.25, 0.3) is 11.8 Å². The number of benzene rings is 3. The molecule has 43 heavy (non-hydrogen) atoms. The lowest BCUT2D eigenvalue weighted by molar-refractivity contribution is -0.137. The van der Waals surface area contributed by atoms with E-state index in [0.29, 0.717) is 30.2 Å². The molecule has 0 aliphatic carbocycles. The molecule has 0 amide bonds. The van der Waals surface area contributed by atoms with E-state index in [0.717, 1.165) is 54.5 Å². The Morgan fingerprint density at radius 2 is 1.70 bits per heavy atom. The number of phenols is 1. The van der Waals surface area contributed by atoms with Gasteiger partial charge in [0.15, 0.2) is 17.3 Å². The first-order valence-electron chi connectivity index (χ1n) is 14.2. The normalized spacial score (nSPS) is 15.7. The van der Waals surface area contributed by atoms with Crippen LogP contribution < -0.4 is 4.74 Å². The quantitative estimate of drug-likeness (QED) is 0.262. The molecule has 1 atom stereocenters. The van der Waals surface area contributed by atoms with Crippen molar-refractivity contribution >= 4 is 6.08 Å². The highest BCUT2D eigenvalue weighted by molar-refractivity contribution is 5.55. The number of aromatic hydroxyl groups is 1. The van der Waals surface area contributed by atoms with Crippen LogP contribution >= 0.6 is 0 Å². The molecular weight excluding hydrogens is 557 g/mol. The predicted molar refractivity (Wildman–Crippen MR) is 158 cm³/mol. The van der Waals surface area contributed by atoms with Crippen LogP contribution in [0, 0.1) is 13.8 Å². The fourth-order valence-corrected chi connectivity index (χ4v) is 5.59. The highest BCUT2D eigenvalue weighted by atomic mass is 19.4. The zero-order valence-electron chi connectivity index (χ0n) is 24.4. The van der Waals surface area contributed by atoms with Crippen LogP contribution in [0.15, 0.2) is 66.7 Å². The third kappa shape index (κ3) is 6.89. The maximum Gasteiger partial charge on any atom is 0.416 e. The Labute approximate surface area is 249 Å². The van der Waals surface area contributed by atoms with Crippen LogP contribution in [0.1, 0.15) is 46.1 Å². The molecule has 0 radical (unpaired) electrons. The average molecular weight is 593 g/mol. The number of aryl methyl sites for hydroxylation is 2. The van der Waals surface area contributed by atoms with Crippen molar-refractivity contribution in [2.24, 2.45) is 0 Å². The lowest BCUT2D eigenvalue weighted by Crippen LogP contribution is -2.48. The van der Waals surface area contributed by atoms with Gasteiger partial charge in [-0.2, -0.15) is 17.9 Å². The molecule has 4 aromatic rings. The SMILES string of the molecule is COc1cc(/C=C/CCN2CCN(C(c3cccc(C(F)(F)F)c3)c3nnnn3-c3c(C)cccc3C)CC2)ccc1O. The molecule has 1 fully saturated rings. The molecule has 226 valence electrons. The van der Waals surface area contributed by atoms with E-state index < -0.39 is 17.8 Å². The van der Waals surface area contributed by atoms with E-state index in [-0.39, 0.29) is 5.75 Å². The van der Waals surface area contributed by atoms with Crippen LogP contribution in [-0.4, -0.2) is 74.9 Å². The highest BCUT2D eigenvalue weighted by Gasteiger charge is 2.35. The van der Waals surface area contributed by atoms with Gasteiger partial charge in [-0.05, 0) is 77.2 Å². The third-order valence-corrected chi connectivity index (χ3v) is 7.82. The van der Waals surface area contributed by atoms with Crippen molar-refractivity contribution in [3.05, 3.63) is 100 Å². The standard InChI is InChI=1S/C32H35F3N6O2/c1-22-8-6-9-23(2)29(22)41-31(36-37-38-41)30(25-11-7-12-26(21-25)32(33,34)35)40-18-16-39(17-19-40)15-5-4-10-24-13-14-27(42)28(20-24)43-3/h4,6-14,20-21,30,42H,5,15-19H2,1-3H3/b10-4+. The highest BCUT2D eigenvalue weighted by Crippen LogP contribution is 2.35. The second kappa shape index (κ2) is 13.0. The smallest absolute Gasteiger partial charge is 0.416 e. The summed E-state index contributed by atoms with van der Waals surface area (Å²) in [6, 6.07) is 16.0. The van der Waals surface area contributed by atoms with Gasteiger partial charge in [-0.25, -0.2) is 0 Å². The lowest BCUT2D eigenvalue weighted by Gasteiger charge is -2.39. The Balaban J connectivity index is 1.35. The number of halogens is 3. The first-order valence-corrected chi connectivity index (χ1v) is 14.2. The molecule has 1 saturated heterocycles. The number of para-hydroxylation sites is 1. The van der Waals surface area contributed by atoms with Gasteiger partial charge in [0, 0.05) is 32.7 Å². The summed E-state index contributed by atoms with van der Waals surface area (Å²) < 4.78 is 48.1. The van der Waals surface area contributed by atoms with E-state index in [9.17, 15) is 18.3 Å². The van der Waals surface area contributed by atoms with Gasteiger partial charge in [-0.15, -0.1) is 5.10 Å². The maximum atomic E-state index is 13.7. The molecule has 1 aromatic heterocycles. The Bertz CT molecular complexity index is 1560. The molecule has 0 saturated carbocycles. The van der Waals surface area contributed by atoms with Crippen molar-refractivity contribution in [3.63, 3.8) is 0 Å². The van der Waals surface area contributed by atoms with Crippen LogP contribution in [0.2, 0.25) is 0 Å². The number of nitrogens with zero attached hydrogens (tertiary/aromatic N) is 6. The van der Waals surface area contributed by atoms with Gasteiger partial charge in [0.05, 0.1) is 24.4 Å². The van der Waals surface area contributed by atoms with Crippen molar-refractivity contribution in [1.82, 2.24) is 30.0 Å². The predicted octanol–water partition coefficient (Wildman–Crippen LogP) is 5.82. The third-order valence-electron chi connectivity index (χ3n) is 7.82. The molecule has 0 spiro atoms. The molecule has 1 aliphatic heterocycles. The topological polar surface area (TPSA) is 79.5 Å². The summed E-state index contributed by atoms with van der Waals surface area (Å²) in [4.78, 5) is 4.51. The Morgan fingerprint density at radius 3 is 2.40 bits per heavy atom. The zero-order valence-corrected chi connectivity index (χ0v) is 24.4. The Kier molecular flexibility index (Phi) is 9.12. The van der Waals surface area contributed by atoms with Gasteiger partial charge >= 0.3 is 6.18 Å². The molecule has 3 aromatic carbocycles. The Morgan fingerprint density at radius 1 is 0.977 bits per heavy atom. The number of aromatic nitrogens is 4. The van der Waals surface area contributed by atoms with Crippen molar-refractivity contribution < 1.29 is 23.0 Å². The van der Waals surface area contributed by atoms with Crippen LogP contribution in [0.5, 0.6) is 11.5 Å². The summed E-state index contributed by atoms with van der Waals surface area (Å²) in [6.45, 7) is 7.56. The molecule has 2 heterocycles. The largest absolute Gasteiger partial charge is 0.504 e. The number of alkyl halides is 3. The zero-order chi connectivity index (χ0) is 30.6. The summed E-state index contributed by atoms with van der Waals surface area (Å²) in [7, 11) is 1.52. The van der Waals surface area contributed by atoms with Gasteiger partial charge in [0.1, 0.15) is 0 Å². The maximum absolute atomic E-state index is 13.7. The van der Waals surface area contributed by atoms with E-state index in [4.69, 9.17) is 4.74 Å². The van der Waals surface area contributed by atoms with E-state index in [2.05, 4.69) is 31.4 Å². The van der Waals surface area contributed by atoms with E-state index in [1.807, 2.05) is 44.2 Å². The number of ether oxygens (including phenoxy) is 1. The monoisotopic (exact) mass is 592 g/mol. The van der Waals surface area contributed by atoms with E-state index in [1.54, 1.807) is 22.9 Å². The molecule has 8 nitrogen and oxygen atoms in total. The van der Waals surface area contributed by atoms with Crippen LogP contribution in [-0.2, 0) is 6.18 Å². The number of piperazine rings is 1. The molecule has 1 aliphatic rings. The summed E-state index contributed by atoms with van der Waals surface area (Å²) in [5.74, 6) is 1.01. The Hall–Kier alpha value is -4.22. The number of rotatable bonds is 9. The van der Waals surface area contributed by atoms with Crippen LogP contribution in [0.3, 0.4) is 0 Å². The summed E-state index contributed by atoms with van der Waals surface area (Å²) >= 11 is 0. The van der Waals surface area contributed by atoms with Crippen molar-refractivity contribution in [2.75, 3.05) is 39.8 Å². The number of methoxy groups -OCH3 is 1. The van der Waals surface area contributed by atoms with Crippen molar-refractivity contribution in [1.29, 1.82) is 0 Å². The van der Waals surface area contributed by atoms with Crippen LogP contribution in [0.4, 0.5) is 13.2 Å². The van der Waals surface area contributed by atoms with Crippen molar-refractivity contribution in [3.8, 4) is 17.2 Å². The second-order valence-corrected chi connectivity index (χ2v) is 10.7. The first-order chi connectivity index (χ1) is 20.7. The van der Waals surface area contributed by atoms with Crippen molar-refractivity contribution in [2.45, 2.75) is 32.5 Å². The van der Waals surface area contributed by atoms with E-state index in [1.165, 1.54) is 19.2 Å².